The summed E-state index contributed by atoms with van der Waals surface area (Å²) in [6.45, 7) is 1.45. The van der Waals surface area contributed by atoms with Gasteiger partial charge in [-0.3, -0.25) is 0 Å². The van der Waals surface area contributed by atoms with Crippen LogP contribution in [0.3, 0.4) is 0 Å². The molecule has 162 valence electrons. The number of alkyl halides is 3. The molecular weight excluding hydrogens is 459 g/mol. The second-order valence-corrected chi connectivity index (χ2v) is 9.91. The lowest BCUT2D eigenvalue weighted by molar-refractivity contribution is -0.0384. The molecular formula is C17H12F3N5O4S2. The minimum absolute atomic E-state index is 0.0210. The maximum atomic E-state index is 12.8. The number of pyridine rings is 1. The molecule has 4 rings (SSSR count). The van der Waals surface area contributed by atoms with Gasteiger partial charge in [0.2, 0.25) is 5.89 Å². The molecule has 9 nitrogen and oxygen atoms in total. The van der Waals surface area contributed by atoms with Gasteiger partial charge in [-0.25, -0.2) is 22.6 Å². The number of halogens is 3. The highest BCUT2D eigenvalue weighted by Crippen LogP contribution is 2.33. The zero-order valence-electron chi connectivity index (χ0n) is 15.5. The Kier molecular flexibility index (Phi) is 5.13. The molecule has 3 heterocycles. The molecule has 0 fully saturated rings. The van der Waals surface area contributed by atoms with Crippen LogP contribution in [-0.2, 0) is 20.6 Å². The number of fused-ring (bicyclic) bond motifs is 1. The summed E-state index contributed by atoms with van der Waals surface area (Å²) in [7, 11) is -7.03. The van der Waals surface area contributed by atoms with Crippen LogP contribution in [0.25, 0.3) is 33.9 Å². The van der Waals surface area contributed by atoms with Gasteiger partial charge in [0.25, 0.3) is 0 Å². The summed E-state index contributed by atoms with van der Waals surface area (Å²) < 4.78 is 80.7. The molecule has 0 aliphatic carbocycles. The summed E-state index contributed by atoms with van der Waals surface area (Å²) in [6, 6.07) is 4.51. The van der Waals surface area contributed by atoms with Gasteiger partial charge in [0, 0.05) is 11.8 Å². The zero-order valence-corrected chi connectivity index (χ0v) is 17.2. The number of hydrogen-bond acceptors (Lipinski definition) is 8. The number of aromatic nitrogens is 5. The van der Waals surface area contributed by atoms with Gasteiger partial charge in [-0.2, -0.15) is 28.6 Å². The van der Waals surface area contributed by atoms with E-state index < -0.39 is 31.0 Å². The van der Waals surface area contributed by atoms with E-state index in [1.807, 2.05) is 0 Å². The second kappa shape index (κ2) is 7.53. The lowest BCUT2D eigenvalue weighted by Crippen LogP contribution is -2.16. The van der Waals surface area contributed by atoms with Crippen molar-refractivity contribution in [2.45, 2.75) is 22.2 Å². The number of aromatic amines is 1. The molecule has 0 saturated carbocycles. The number of nitrogens with one attached hydrogen (secondary N) is 1. The first-order valence-corrected chi connectivity index (χ1v) is 11.4. The summed E-state index contributed by atoms with van der Waals surface area (Å²) in [4.78, 5) is 7.55. The second-order valence-electron chi connectivity index (χ2n) is 6.19. The van der Waals surface area contributed by atoms with Crippen molar-refractivity contribution in [2.75, 3.05) is 5.75 Å². The van der Waals surface area contributed by atoms with E-state index in [1.165, 1.54) is 31.5 Å². The third-order valence-corrected chi connectivity index (χ3v) is 7.11. The Bertz CT molecular complexity index is 1400. The van der Waals surface area contributed by atoms with Crippen LogP contribution in [0, 0.1) is 0 Å². The Labute approximate surface area is 175 Å². The lowest BCUT2D eigenvalue weighted by atomic mass is 10.2. The van der Waals surface area contributed by atoms with Crippen LogP contribution in [0.4, 0.5) is 13.2 Å². The first-order chi connectivity index (χ1) is 14.6. The molecule has 4 aromatic rings. The van der Waals surface area contributed by atoms with E-state index in [4.69, 9.17) is 4.42 Å². The quantitative estimate of drug-likeness (QED) is 0.470. The van der Waals surface area contributed by atoms with Crippen molar-refractivity contribution in [3.05, 3.63) is 36.7 Å². The number of benzene rings is 1. The van der Waals surface area contributed by atoms with Gasteiger partial charge in [-0.15, -0.1) is 0 Å². The van der Waals surface area contributed by atoms with Gasteiger partial charge in [-0.05, 0) is 24.3 Å². The molecule has 1 unspecified atom stereocenters. The van der Waals surface area contributed by atoms with Crippen LogP contribution in [-0.4, -0.2) is 49.3 Å². The number of rotatable bonds is 5. The maximum Gasteiger partial charge on any atom is 0.475 e. The summed E-state index contributed by atoms with van der Waals surface area (Å²) in [5.41, 5.74) is -4.23. The fourth-order valence-electron chi connectivity index (χ4n) is 2.74. The largest absolute Gasteiger partial charge is 0.475 e. The molecule has 1 atom stereocenters. The Morgan fingerprint density at radius 1 is 1.19 bits per heavy atom. The van der Waals surface area contributed by atoms with Crippen molar-refractivity contribution in [3.63, 3.8) is 0 Å². The zero-order chi connectivity index (χ0) is 22.4. The summed E-state index contributed by atoms with van der Waals surface area (Å²) in [5.74, 6) is -0.442. The van der Waals surface area contributed by atoms with E-state index in [0.717, 1.165) is 12.1 Å². The van der Waals surface area contributed by atoms with Crippen LogP contribution in [0.15, 0.2) is 50.9 Å². The van der Waals surface area contributed by atoms with Gasteiger partial charge >= 0.3 is 5.51 Å². The SMILES string of the molecule is CCS(=O)(=O)c1cc(-c2cn[nH]n2)cnc1-c1nc2cc(S(=O)C(F)(F)F)ccc2o1. The average Bonchev–Trinajstić information content (AvgIpc) is 3.41. The number of oxazole rings is 1. The van der Waals surface area contributed by atoms with E-state index >= 15 is 0 Å². The minimum atomic E-state index is -4.93. The minimum Gasteiger partial charge on any atom is -0.435 e. The highest BCUT2D eigenvalue weighted by atomic mass is 32.2. The van der Waals surface area contributed by atoms with Crippen molar-refractivity contribution >= 4 is 31.7 Å². The van der Waals surface area contributed by atoms with E-state index in [-0.39, 0.29) is 33.3 Å². The number of nitrogens with zero attached hydrogens (tertiary/aromatic N) is 4. The fraction of sp³-hybridized carbons (Fsp3) is 0.176. The number of hydrogen-bond donors (Lipinski definition) is 1. The van der Waals surface area contributed by atoms with Crippen molar-refractivity contribution in [2.24, 2.45) is 0 Å². The Hall–Kier alpha value is -3.13. The predicted octanol–water partition coefficient (Wildman–Crippen LogP) is 3.10. The van der Waals surface area contributed by atoms with Crippen LogP contribution in [0.5, 0.6) is 0 Å². The first kappa shape index (κ1) is 21.1. The molecule has 0 saturated heterocycles. The smallest absolute Gasteiger partial charge is 0.435 e. The third kappa shape index (κ3) is 3.95. The number of sulfone groups is 1. The van der Waals surface area contributed by atoms with Gasteiger partial charge in [-0.1, -0.05) is 6.92 Å². The highest BCUT2D eigenvalue weighted by Gasteiger charge is 2.38. The fourth-order valence-corrected chi connectivity index (χ4v) is 4.47. The summed E-state index contributed by atoms with van der Waals surface area (Å²) >= 11 is 0. The van der Waals surface area contributed by atoms with Crippen molar-refractivity contribution in [1.82, 2.24) is 25.4 Å². The molecule has 0 bridgehead atoms. The number of H-pyrrole nitrogens is 1. The van der Waals surface area contributed by atoms with Crippen LogP contribution < -0.4 is 0 Å². The predicted molar refractivity (Wildman–Crippen MR) is 103 cm³/mol. The Balaban J connectivity index is 1.86. The van der Waals surface area contributed by atoms with E-state index in [2.05, 4.69) is 25.4 Å². The molecule has 0 radical (unpaired) electrons. The topological polar surface area (TPSA) is 132 Å². The normalized spacial score (nSPS) is 13.5. The summed E-state index contributed by atoms with van der Waals surface area (Å²) in [5, 5.41) is 9.97. The molecule has 0 aliphatic heterocycles. The van der Waals surface area contributed by atoms with Gasteiger partial charge < -0.3 is 4.42 Å². The summed E-state index contributed by atoms with van der Waals surface area (Å²) in [6.07, 6.45) is 2.74. The van der Waals surface area contributed by atoms with Gasteiger partial charge in [0.15, 0.2) is 26.2 Å². The molecule has 1 N–H and O–H groups in total. The first-order valence-electron chi connectivity index (χ1n) is 8.58. The third-order valence-electron chi connectivity index (χ3n) is 4.26. The van der Waals surface area contributed by atoms with E-state index in [9.17, 15) is 25.8 Å². The van der Waals surface area contributed by atoms with Crippen molar-refractivity contribution < 1.29 is 30.2 Å². The van der Waals surface area contributed by atoms with Crippen LogP contribution in [0.2, 0.25) is 0 Å². The van der Waals surface area contributed by atoms with Crippen LogP contribution in [0.1, 0.15) is 6.92 Å². The van der Waals surface area contributed by atoms with Gasteiger partial charge in [0.1, 0.15) is 16.9 Å². The molecule has 31 heavy (non-hydrogen) atoms. The van der Waals surface area contributed by atoms with Gasteiger partial charge in [0.05, 0.1) is 21.7 Å². The van der Waals surface area contributed by atoms with Crippen molar-refractivity contribution in [3.8, 4) is 22.8 Å². The molecule has 1 aromatic carbocycles. The van der Waals surface area contributed by atoms with E-state index in [1.54, 1.807) is 0 Å². The van der Waals surface area contributed by atoms with E-state index in [0.29, 0.717) is 11.3 Å². The van der Waals surface area contributed by atoms with Crippen molar-refractivity contribution in [1.29, 1.82) is 0 Å². The Morgan fingerprint density at radius 3 is 2.61 bits per heavy atom. The average molecular weight is 471 g/mol. The maximum absolute atomic E-state index is 12.8. The molecule has 0 spiro atoms. The monoisotopic (exact) mass is 471 g/mol. The lowest BCUT2D eigenvalue weighted by Gasteiger charge is -2.07. The standard InChI is InChI=1S/C17H12F3N5O4S2/c1-2-31(27,28)14-5-9(12-8-22-25-24-12)7-21-15(14)16-23-11-6-10(3-4-13(11)29-16)30(26)17(18,19)20/h3-8H,2H2,1H3,(H,22,24,25). The molecule has 0 aliphatic rings. The molecule has 14 heteroatoms. The highest BCUT2D eigenvalue weighted by molar-refractivity contribution is 7.91. The van der Waals surface area contributed by atoms with Crippen LogP contribution >= 0.6 is 0 Å². The molecule has 0 amide bonds. The Morgan fingerprint density at radius 2 is 1.97 bits per heavy atom. The molecule has 3 aromatic heterocycles.